The number of aliphatic hydroxyl groups is 1. The third-order valence-corrected chi connectivity index (χ3v) is 3.28. The molecule has 6 heteroatoms. The number of halogens is 1. The number of aliphatic hydroxyl groups excluding tert-OH is 1. The molecule has 0 aliphatic carbocycles. The van der Waals surface area contributed by atoms with Crippen LogP contribution in [-0.4, -0.2) is 22.6 Å². The number of benzene rings is 1. The second kappa shape index (κ2) is 7.24. The van der Waals surface area contributed by atoms with Crippen molar-refractivity contribution in [3.63, 3.8) is 0 Å². The van der Waals surface area contributed by atoms with E-state index in [0.717, 1.165) is 0 Å². The number of nitrogens with one attached hydrogen (secondary N) is 1. The van der Waals surface area contributed by atoms with Crippen molar-refractivity contribution in [3.8, 4) is 5.88 Å². The average molecular weight is 321 g/mol. The summed E-state index contributed by atoms with van der Waals surface area (Å²) in [6, 6.07) is 8.56. The molecular weight excluding hydrogens is 304 g/mol. The number of hydrogen-bond acceptors (Lipinski definition) is 4. The van der Waals surface area contributed by atoms with Crippen LogP contribution in [0, 0.1) is 0 Å². The highest BCUT2D eigenvalue weighted by atomic mass is 35.5. The van der Waals surface area contributed by atoms with Crippen LogP contribution in [0.15, 0.2) is 36.5 Å². The molecule has 1 unspecified atom stereocenters. The van der Waals surface area contributed by atoms with Gasteiger partial charge in [-0.1, -0.05) is 29.8 Å². The van der Waals surface area contributed by atoms with Gasteiger partial charge in [-0.25, -0.2) is 4.98 Å². The Morgan fingerprint density at radius 2 is 2.18 bits per heavy atom. The number of aromatic nitrogens is 1. The maximum Gasteiger partial charge on any atom is 0.257 e. The van der Waals surface area contributed by atoms with Crippen molar-refractivity contribution in [3.05, 3.63) is 52.7 Å². The highest BCUT2D eigenvalue weighted by Gasteiger charge is 2.14. The van der Waals surface area contributed by atoms with Gasteiger partial charge in [0.25, 0.3) is 5.91 Å². The molecule has 0 aliphatic heterocycles. The molecule has 2 rings (SSSR count). The zero-order valence-corrected chi connectivity index (χ0v) is 13.1. The smallest absolute Gasteiger partial charge is 0.257 e. The highest BCUT2D eigenvalue weighted by Crippen LogP contribution is 2.25. The number of ether oxygens (including phenoxy) is 1. The number of para-hydroxylation sites is 1. The molecule has 5 nitrogen and oxygen atoms in total. The molecule has 0 fully saturated rings. The van der Waals surface area contributed by atoms with Gasteiger partial charge in [-0.3, -0.25) is 4.79 Å². The molecule has 1 atom stereocenters. The molecule has 0 saturated carbocycles. The van der Waals surface area contributed by atoms with Crippen molar-refractivity contribution in [2.24, 2.45) is 0 Å². The number of carbonyl (C=O) groups excluding carboxylic acids is 1. The number of rotatable bonds is 5. The van der Waals surface area contributed by atoms with Crippen molar-refractivity contribution >= 4 is 23.2 Å². The van der Waals surface area contributed by atoms with Crippen LogP contribution in [0.4, 0.5) is 5.69 Å². The lowest BCUT2D eigenvalue weighted by Gasteiger charge is -2.13. The number of amides is 1. The summed E-state index contributed by atoms with van der Waals surface area (Å²) >= 11 is 6.03. The normalized spacial score (nSPS) is 11.8. The first-order valence-corrected chi connectivity index (χ1v) is 7.27. The van der Waals surface area contributed by atoms with Gasteiger partial charge in [0.05, 0.1) is 18.3 Å². The van der Waals surface area contributed by atoms with E-state index in [0.29, 0.717) is 29.3 Å². The number of anilines is 1. The van der Waals surface area contributed by atoms with Gasteiger partial charge in [-0.15, -0.1) is 0 Å². The lowest BCUT2D eigenvalue weighted by atomic mass is 10.1. The second-order valence-corrected chi connectivity index (χ2v) is 5.07. The molecule has 1 aromatic heterocycles. The minimum absolute atomic E-state index is 0.276. The zero-order chi connectivity index (χ0) is 16.1. The molecule has 0 aliphatic rings. The molecule has 1 aromatic carbocycles. The van der Waals surface area contributed by atoms with Crippen LogP contribution in [0.25, 0.3) is 0 Å². The van der Waals surface area contributed by atoms with Crippen molar-refractivity contribution < 1.29 is 14.6 Å². The maximum atomic E-state index is 12.3. The topological polar surface area (TPSA) is 71.5 Å². The lowest BCUT2D eigenvalue weighted by molar-refractivity contribution is 0.102. The third kappa shape index (κ3) is 3.75. The number of nitrogens with zero attached hydrogens (tertiary/aromatic N) is 1. The standard InChI is InChI=1S/C16H17ClN2O3/c1-3-22-16-13(17)8-11(9-18-16)15(21)19-14-7-5-4-6-12(14)10(2)20/h4-10,20H,3H2,1-2H3,(H,19,21). The first-order chi connectivity index (χ1) is 10.5. The molecule has 1 heterocycles. The molecule has 0 saturated heterocycles. The number of pyridine rings is 1. The van der Waals surface area contributed by atoms with Crippen LogP contribution in [0.1, 0.15) is 35.9 Å². The van der Waals surface area contributed by atoms with Crippen LogP contribution < -0.4 is 10.1 Å². The molecule has 22 heavy (non-hydrogen) atoms. The number of carbonyl (C=O) groups is 1. The summed E-state index contributed by atoms with van der Waals surface area (Å²) in [6.45, 7) is 3.91. The lowest BCUT2D eigenvalue weighted by Crippen LogP contribution is -2.14. The summed E-state index contributed by atoms with van der Waals surface area (Å²) in [6.07, 6.45) is 0.718. The Morgan fingerprint density at radius 3 is 2.82 bits per heavy atom. The van der Waals surface area contributed by atoms with Crippen molar-refractivity contribution in [1.29, 1.82) is 0 Å². The predicted octanol–water partition coefficient (Wildman–Crippen LogP) is 3.44. The SMILES string of the molecule is CCOc1ncc(C(=O)Nc2ccccc2C(C)O)cc1Cl. The minimum Gasteiger partial charge on any atom is -0.477 e. The second-order valence-electron chi connectivity index (χ2n) is 4.66. The van der Waals surface area contributed by atoms with E-state index >= 15 is 0 Å². The van der Waals surface area contributed by atoms with Crippen molar-refractivity contribution in [2.75, 3.05) is 11.9 Å². The van der Waals surface area contributed by atoms with Gasteiger partial charge in [0, 0.05) is 17.4 Å². The van der Waals surface area contributed by atoms with Crippen molar-refractivity contribution in [2.45, 2.75) is 20.0 Å². The number of hydrogen-bond donors (Lipinski definition) is 2. The Hall–Kier alpha value is -2.11. The summed E-state index contributed by atoms with van der Waals surface area (Å²) in [5.74, 6) is -0.0596. The minimum atomic E-state index is -0.682. The van der Waals surface area contributed by atoms with E-state index in [9.17, 15) is 9.90 Å². The Labute approximate surface area is 133 Å². The average Bonchev–Trinajstić information content (AvgIpc) is 2.49. The Morgan fingerprint density at radius 1 is 1.45 bits per heavy atom. The van der Waals surface area contributed by atoms with E-state index in [2.05, 4.69) is 10.3 Å². The van der Waals surface area contributed by atoms with Crippen LogP contribution in [-0.2, 0) is 0 Å². The Kier molecular flexibility index (Phi) is 5.35. The molecule has 0 radical (unpaired) electrons. The summed E-state index contributed by atoms with van der Waals surface area (Å²) in [5, 5.41) is 12.8. The van der Waals surface area contributed by atoms with Crippen LogP contribution in [0.2, 0.25) is 5.02 Å². The van der Waals surface area contributed by atoms with Gasteiger partial charge in [0.1, 0.15) is 5.02 Å². The maximum absolute atomic E-state index is 12.3. The van der Waals surface area contributed by atoms with Gasteiger partial charge in [0.2, 0.25) is 5.88 Å². The zero-order valence-electron chi connectivity index (χ0n) is 12.3. The summed E-state index contributed by atoms with van der Waals surface area (Å²) in [7, 11) is 0. The molecule has 0 spiro atoms. The fraction of sp³-hybridized carbons (Fsp3) is 0.250. The quantitative estimate of drug-likeness (QED) is 0.885. The van der Waals surface area contributed by atoms with E-state index in [4.69, 9.17) is 16.3 Å². The first kappa shape index (κ1) is 16.3. The van der Waals surface area contributed by atoms with Crippen LogP contribution in [0.5, 0.6) is 5.88 Å². The van der Waals surface area contributed by atoms with E-state index in [1.807, 2.05) is 6.92 Å². The van der Waals surface area contributed by atoms with E-state index in [-0.39, 0.29) is 10.9 Å². The fourth-order valence-electron chi connectivity index (χ4n) is 1.96. The summed E-state index contributed by atoms with van der Waals surface area (Å²) < 4.78 is 5.23. The predicted molar refractivity (Wildman–Crippen MR) is 85.4 cm³/mol. The Balaban J connectivity index is 2.21. The Bertz CT molecular complexity index is 674. The monoisotopic (exact) mass is 320 g/mol. The third-order valence-electron chi connectivity index (χ3n) is 3.01. The van der Waals surface area contributed by atoms with E-state index in [1.54, 1.807) is 31.2 Å². The molecule has 2 N–H and O–H groups in total. The highest BCUT2D eigenvalue weighted by molar-refractivity contribution is 6.32. The van der Waals surface area contributed by atoms with E-state index < -0.39 is 6.10 Å². The van der Waals surface area contributed by atoms with Gasteiger partial charge in [0.15, 0.2) is 0 Å². The van der Waals surface area contributed by atoms with Gasteiger partial charge >= 0.3 is 0 Å². The van der Waals surface area contributed by atoms with E-state index in [1.165, 1.54) is 12.3 Å². The molecule has 0 bridgehead atoms. The molecule has 1 amide bonds. The van der Waals surface area contributed by atoms with Crippen LogP contribution >= 0.6 is 11.6 Å². The fourth-order valence-corrected chi connectivity index (χ4v) is 2.18. The van der Waals surface area contributed by atoms with Gasteiger partial charge < -0.3 is 15.2 Å². The summed E-state index contributed by atoms with van der Waals surface area (Å²) in [5.41, 5.74) is 1.50. The van der Waals surface area contributed by atoms with Crippen molar-refractivity contribution in [1.82, 2.24) is 4.98 Å². The molecule has 116 valence electrons. The molecular formula is C16H17ClN2O3. The summed E-state index contributed by atoms with van der Waals surface area (Å²) in [4.78, 5) is 16.3. The van der Waals surface area contributed by atoms with Gasteiger partial charge in [-0.2, -0.15) is 0 Å². The molecule has 2 aromatic rings. The first-order valence-electron chi connectivity index (χ1n) is 6.89. The van der Waals surface area contributed by atoms with Crippen LogP contribution in [0.3, 0.4) is 0 Å². The largest absolute Gasteiger partial charge is 0.477 e. The van der Waals surface area contributed by atoms with Gasteiger partial charge in [-0.05, 0) is 26.0 Å².